The van der Waals surface area contributed by atoms with Crippen LogP contribution < -0.4 is 10.0 Å². The van der Waals surface area contributed by atoms with E-state index < -0.39 is 10.0 Å². The molecule has 0 spiro atoms. The minimum Gasteiger partial charge on any atom is -0.322 e. The van der Waals surface area contributed by atoms with Gasteiger partial charge >= 0.3 is 0 Å². The maximum atomic E-state index is 12.7. The number of carbonyl (C=O) groups is 1. The van der Waals surface area contributed by atoms with E-state index in [4.69, 9.17) is 0 Å². The number of amides is 1. The van der Waals surface area contributed by atoms with Crippen molar-refractivity contribution >= 4 is 21.6 Å². The number of rotatable bonds is 8. The summed E-state index contributed by atoms with van der Waals surface area (Å²) in [5.74, 6) is -0.252. The molecule has 2 aromatic carbocycles. The molecule has 0 saturated carbocycles. The van der Waals surface area contributed by atoms with E-state index in [0.29, 0.717) is 12.0 Å². The summed E-state index contributed by atoms with van der Waals surface area (Å²) in [6.07, 6.45) is 3.14. The van der Waals surface area contributed by atoms with Crippen LogP contribution in [0.4, 0.5) is 5.69 Å². The highest BCUT2D eigenvalue weighted by molar-refractivity contribution is 7.89. The van der Waals surface area contributed by atoms with Gasteiger partial charge in [0.15, 0.2) is 0 Å². The third-order valence-corrected chi connectivity index (χ3v) is 6.86. The summed E-state index contributed by atoms with van der Waals surface area (Å²) in [7, 11) is -3.58. The monoisotopic (exact) mass is 415 g/mol. The van der Waals surface area contributed by atoms with E-state index in [1.54, 1.807) is 12.1 Å². The highest BCUT2D eigenvalue weighted by atomic mass is 32.2. The SMILES string of the molecule is CCC(C)NS(=O)(=O)c1ccc(C(=O)Nc2ccccc2CN2CCCC2)cc1. The normalized spacial score (nSPS) is 15.9. The van der Waals surface area contributed by atoms with Crippen molar-refractivity contribution in [3.05, 3.63) is 59.7 Å². The fraction of sp³-hybridized carbons (Fsp3) is 0.409. The molecule has 3 rings (SSSR count). The molecule has 29 heavy (non-hydrogen) atoms. The van der Waals surface area contributed by atoms with E-state index in [1.165, 1.54) is 25.0 Å². The molecular formula is C22H29N3O3S. The number of carbonyl (C=O) groups excluding carboxylic acids is 1. The molecule has 1 unspecified atom stereocenters. The Morgan fingerprint density at radius 1 is 1.07 bits per heavy atom. The van der Waals surface area contributed by atoms with Crippen LogP contribution in [-0.2, 0) is 16.6 Å². The molecule has 6 nitrogen and oxygen atoms in total. The minimum absolute atomic E-state index is 0.143. The van der Waals surface area contributed by atoms with Gasteiger partial charge in [-0.2, -0.15) is 0 Å². The van der Waals surface area contributed by atoms with E-state index in [2.05, 4.69) is 14.9 Å². The largest absolute Gasteiger partial charge is 0.322 e. The number of nitrogens with zero attached hydrogens (tertiary/aromatic N) is 1. The maximum absolute atomic E-state index is 12.7. The fourth-order valence-corrected chi connectivity index (χ4v) is 4.68. The van der Waals surface area contributed by atoms with Gasteiger partial charge in [-0.15, -0.1) is 0 Å². The molecule has 2 aromatic rings. The van der Waals surface area contributed by atoms with Crippen molar-refractivity contribution in [2.45, 2.75) is 50.6 Å². The van der Waals surface area contributed by atoms with Crippen LogP contribution in [0.2, 0.25) is 0 Å². The predicted molar refractivity (Wildman–Crippen MR) is 115 cm³/mol. The summed E-state index contributed by atoms with van der Waals surface area (Å²) in [5, 5.41) is 2.97. The first kappa shape index (κ1) is 21.5. The number of hydrogen-bond acceptors (Lipinski definition) is 4. The molecule has 0 aromatic heterocycles. The van der Waals surface area contributed by atoms with Crippen molar-refractivity contribution in [2.24, 2.45) is 0 Å². The van der Waals surface area contributed by atoms with Gasteiger partial charge in [-0.05, 0) is 75.2 Å². The lowest BCUT2D eigenvalue weighted by atomic mass is 10.1. The average Bonchev–Trinajstić information content (AvgIpc) is 3.22. The van der Waals surface area contributed by atoms with Crippen LogP contribution in [0.5, 0.6) is 0 Å². The summed E-state index contributed by atoms with van der Waals surface area (Å²) in [4.78, 5) is 15.2. The topological polar surface area (TPSA) is 78.5 Å². The summed E-state index contributed by atoms with van der Waals surface area (Å²) < 4.78 is 27.4. The van der Waals surface area contributed by atoms with E-state index >= 15 is 0 Å². The van der Waals surface area contributed by atoms with Gasteiger partial charge in [0.25, 0.3) is 5.91 Å². The molecule has 7 heteroatoms. The van der Waals surface area contributed by atoms with Crippen LogP contribution in [0.3, 0.4) is 0 Å². The van der Waals surface area contributed by atoms with Crippen LogP contribution in [0.15, 0.2) is 53.4 Å². The molecule has 156 valence electrons. The summed E-state index contributed by atoms with van der Waals surface area (Å²) in [6, 6.07) is 13.7. The Labute approximate surface area is 173 Å². The van der Waals surface area contributed by atoms with Gasteiger partial charge < -0.3 is 5.32 Å². The molecular weight excluding hydrogens is 386 g/mol. The van der Waals surface area contributed by atoms with Gasteiger partial charge in [0, 0.05) is 23.8 Å². The second-order valence-electron chi connectivity index (χ2n) is 7.55. The Bertz CT molecular complexity index is 936. The van der Waals surface area contributed by atoms with Crippen molar-refractivity contribution in [3.8, 4) is 0 Å². The molecule has 1 aliphatic heterocycles. The second-order valence-corrected chi connectivity index (χ2v) is 9.26. The zero-order valence-corrected chi connectivity index (χ0v) is 17.8. The number of benzene rings is 2. The Morgan fingerprint density at radius 2 is 1.72 bits per heavy atom. The Morgan fingerprint density at radius 3 is 2.38 bits per heavy atom. The van der Waals surface area contributed by atoms with Gasteiger partial charge in [0.05, 0.1) is 4.90 Å². The third kappa shape index (κ3) is 5.65. The van der Waals surface area contributed by atoms with Crippen molar-refractivity contribution in [1.29, 1.82) is 0 Å². The van der Waals surface area contributed by atoms with Crippen molar-refractivity contribution < 1.29 is 13.2 Å². The van der Waals surface area contributed by atoms with Crippen LogP contribution in [0.1, 0.15) is 49.0 Å². The van der Waals surface area contributed by atoms with Crippen molar-refractivity contribution in [2.75, 3.05) is 18.4 Å². The lowest BCUT2D eigenvalue weighted by Gasteiger charge is -2.18. The van der Waals surface area contributed by atoms with Gasteiger partial charge in [0.1, 0.15) is 0 Å². The fourth-order valence-electron chi connectivity index (χ4n) is 3.36. The highest BCUT2D eigenvalue weighted by Gasteiger charge is 2.18. The third-order valence-electron chi connectivity index (χ3n) is 5.25. The lowest BCUT2D eigenvalue weighted by Crippen LogP contribution is -2.32. The molecule has 1 fully saturated rings. The molecule has 1 amide bonds. The zero-order chi connectivity index (χ0) is 20.9. The first-order valence-corrected chi connectivity index (χ1v) is 11.6. The Hall–Kier alpha value is -2.22. The van der Waals surface area contributed by atoms with E-state index in [1.807, 2.05) is 38.1 Å². The van der Waals surface area contributed by atoms with Crippen LogP contribution >= 0.6 is 0 Å². The van der Waals surface area contributed by atoms with Gasteiger partial charge in [-0.25, -0.2) is 13.1 Å². The predicted octanol–water partition coefficient (Wildman–Crippen LogP) is 3.61. The zero-order valence-electron chi connectivity index (χ0n) is 17.0. The van der Waals surface area contributed by atoms with E-state index in [-0.39, 0.29) is 16.8 Å². The average molecular weight is 416 g/mol. The standard InChI is InChI=1S/C22H29N3O3S/c1-3-17(2)24-29(27,28)20-12-10-18(11-13-20)22(26)23-21-9-5-4-8-19(21)16-25-14-6-7-15-25/h4-5,8-13,17,24H,3,6-7,14-16H2,1-2H3,(H,23,26). The first-order valence-electron chi connectivity index (χ1n) is 10.1. The van der Waals surface area contributed by atoms with Crippen LogP contribution in [-0.4, -0.2) is 38.4 Å². The number of sulfonamides is 1. The molecule has 0 bridgehead atoms. The number of likely N-dealkylation sites (tertiary alicyclic amines) is 1. The van der Waals surface area contributed by atoms with E-state index in [0.717, 1.165) is 30.9 Å². The maximum Gasteiger partial charge on any atom is 0.255 e. The summed E-state index contributed by atoms with van der Waals surface area (Å²) in [6.45, 7) is 6.72. The van der Waals surface area contributed by atoms with Crippen LogP contribution in [0.25, 0.3) is 0 Å². The molecule has 1 aliphatic rings. The molecule has 2 N–H and O–H groups in total. The highest BCUT2D eigenvalue weighted by Crippen LogP contribution is 2.21. The minimum atomic E-state index is -3.58. The van der Waals surface area contributed by atoms with E-state index in [9.17, 15) is 13.2 Å². The van der Waals surface area contributed by atoms with Crippen molar-refractivity contribution in [1.82, 2.24) is 9.62 Å². The summed E-state index contributed by atoms with van der Waals surface area (Å²) >= 11 is 0. The van der Waals surface area contributed by atoms with Crippen molar-refractivity contribution in [3.63, 3.8) is 0 Å². The molecule has 0 radical (unpaired) electrons. The quantitative estimate of drug-likeness (QED) is 0.690. The summed E-state index contributed by atoms with van der Waals surface area (Å²) in [5.41, 5.74) is 2.29. The second kappa shape index (κ2) is 9.52. The number of hydrogen-bond donors (Lipinski definition) is 2. The van der Waals surface area contributed by atoms with Gasteiger partial charge in [-0.3, -0.25) is 9.69 Å². The number of nitrogens with one attached hydrogen (secondary N) is 2. The lowest BCUT2D eigenvalue weighted by molar-refractivity contribution is 0.102. The van der Waals surface area contributed by atoms with Gasteiger partial charge in [-0.1, -0.05) is 25.1 Å². The first-order chi connectivity index (χ1) is 13.9. The molecule has 1 atom stereocenters. The van der Waals surface area contributed by atoms with Gasteiger partial charge in [0.2, 0.25) is 10.0 Å². The van der Waals surface area contributed by atoms with Crippen LogP contribution in [0, 0.1) is 0 Å². The molecule has 0 aliphatic carbocycles. The molecule has 1 heterocycles. The Kier molecular flexibility index (Phi) is 7.05. The Balaban J connectivity index is 1.70. The smallest absolute Gasteiger partial charge is 0.255 e. The number of para-hydroxylation sites is 1. The number of anilines is 1. The molecule has 1 saturated heterocycles.